The van der Waals surface area contributed by atoms with Gasteiger partial charge in [0, 0.05) is 0 Å². The van der Waals surface area contributed by atoms with Gasteiger partial charge in [0.2, 0.25) is 0 Å². The molecule has 0 aliphatic carbocycles. The second-order valence-corrected chi connectivity index (χ2v) is 5.23. The zero-order valence-electron chi connectivity index (χ0n) is 13.2. The summed E-state index contributed by atoms with van der Waals surface area (Å²) < 4.78 is 5.01. The van der Waals surface area contributed by atoms with Crippen molar-refractivity contribution in [2.24, 2.45) is 0 Å². The Morgan fingerprint density at radius 3 is 2.56 bits per heavy atom. The molecule has 1 saturated heterocycles. The lowest BCUT2D eigenvalue weighted by Gasteiger charge is -2.14. The van der Waals surface area contributed by atoms with Crippen LogP contribution >= 0.6 is 0 Å². The lowest BCUT2D eigenvalue weighted by atomic mass is 10.1. The summed E-state index contributed by atoms with van der Waals surface area (Å²) in [4.78, 5) is 24.7. The predicted molar refractivity (Wildman–Crippen MR) is 89.4 cm³/mol. The summed E-state index contributed by atoms with van der Waals surface area (Å²) in [6.45, 7) is 0. The molecule has 124 valence electrons. The average Bonchev–Trinajstić information content (AvgIpc) is 2.91. The molecule has 0 aromatic heterocycles. The van der Waals surface area contributed by atoms with Crippen molar-refractivity contribution in [2.75, 3.05) is 12.1 Å². The van der Waals surface area contributed by atoms with Gasteiger partial charge in [0.25, 0.3) is 11.8 Å². The van der Waals surface area contributed by atoms with E-state index in [1.54, 1.807) is 30.3 Å². The number of phenolic OH excluding ortho intramolecular Hbond substituents is 1. The van der Waals surface area contributed by atoms with E-state index in [0.717, 1.165) is 5.01 Å². The lowest BCUT2D eigenvalue weighted by molar-refractivity contribution is -0.117. The van der Waals surface area contributed by atoms with Gasteiger partial charge < -0.3 is 9.84 Å². The van der Waals surface area contributed by atoms with E-state index >= 15 is 0 Å². The Balaban J connectivity index is 1.92. The standard InChI is InChI=1S/C18H13N3O4/c1-25-16-9-12(4-7-15(16)22)8-14-17(23)20-21(18(14)24)13-5-2-11(10-19)3-6-13/h2-9,22H,1H3,(H,20,23)/b14-8+. The number of hydrogen-bond acceptors (Lipinski definition) is 5. The summed E-state index contributed by atoms with van der Waals surface area (Å²) in [5.74, 6) is -0.849. The molecule has 1 aliphatic heterocycles. The first-order chi connectivity index (χ1) is 12.0. The highest BCUT2D eigenvalue weighted by molar-refractivity contribution is 6.31. The molecule has 2 amide bonds. The maximum atomic E-state index is 12.5. The summed E-state index contributed by atoms with van der Waals surface area (Å²) in [6, 6.07) is 12.8. The van der Waals surface area contributed by atoms with Crippen molar-refractivity contribution in [3.05, 3.63) is 59.2 Å². The third kappa shape index (κ3) is 3.01. The van der Waals surface area contributed by atoms with Crippen molar-refractivity contribution in [1.29, 1.82) is 5.26 Å². The van der Waals surface area contributed by atoms with Gasteiger partial charge in [-0.2, -0.15) is 5.26 Å². The summed E-state index contributed by atoms with van der Waals surface area (Å²) in [5.41, 5.74) is 3.87. The number of anilines is 1. The highest BCUT2D eigenvalue weighted by Gasteiger charge is 2.34. The van der Waals surface area contributed by atoms with Crippen LogP contribution in [-0.4, -0.2) is 24.0 Å². The Labute approximate surface area is 143 Å². The van der Waals surface area contributed by atoms with Gasteiger partial charge in [0.15, 0.2) is 11.5 Å². The number of hydrogen-bond donors (Lipinski definition) is 2. The topological polar surface area (TPSA) is 103 Å². The number of aromatic hydroxyl groups is 1. The second-order valence-electron chi connectivity index (χ2n) is 5.23. The Kier molecular flexibility index (Phi) is 4.10. The summed E-state index contributed by atoms with van der Waals surface area (Å²) in [5, 5.41) is 19.5. The quantitative estimate of drug-likeness (QED) is 0.657. The summed E-state index contributed by atoms with van der Waals surface area (Å²) in [7, 11) is 1.41. The van der Waals surface area contributed by atoms with Gasteiger partial charge in [-0.25, -0.2) is 5.01 Å². The van der Waals surface area contributed by atoms with Crippen LogP contribution in [0, 0.1) is 11.3 Å². The lowest BCUT2D eigenvalue weighted by Crippen LogP contribution is -2.35. The number of ether oxygens (including phenoxy) is 1. The number of benzene rings is 2. The zero-order valence-corrected chi connectivity index (χ0v) is 13.2. The largest absolute Gasteiger partial charge is 0.504 e. The van der Waals surface area contributed by atoms with Gasteiger partial charge in [-0.3, -0.25) is 15.0 Å². The third-order valence-electron chi connectivity index (χ3n) is 3.66. The fraction of sp³-hybridized carbons (Fsp3) is 0.0556. The van der Waals surface area contributed by atoms with Crippen LogP contribution in [0.25, 0.3) is 6.08 Å². The van der Waals surface area contributed by atoms with E-state index in [2.05, 4.69) is 5.43 Å². The molecule has 0 spiro atoms. The summed E-state index contributed by atoms with van der Waals surface area (Å²) >= 11 is 0. The minimum absolute atomic E-state index is 0.0361. The van der Waals surface area contributed by atoms with Gasteiger partial charge in [0.1, 0.15) is 5.57 Å². The van der Waals surface area contributed by atoms with Crippen molar-refractivity contribution in [3.8, 4) is 17.6 Å². The molecule has 7 nitrogen and oxygen atoms in total. The molecular weight excluding hydrogens is 322 g/mol. The first kappa shape index (κ1) is 16.1. The number of hydrazine groups is 1. The van der Waals surface area contributed by atoms with Crippen molar-refractivity contribution < 1.29 is 19.4 Å². The zero-order chi connectivity index (χ0) is 18.0. The number of carbonyl (C=O) groups excluding carboxylic acids is 2. The minimum atomic E-state index is -0.540. The maximum absolute atomic E-state index is 12.5. The molecule has 2 aromatic rings. The van der Waals surface area contributed by atoms with E-state index in [9.17, 15) is 14.7 Å². The van der Waals surface area contributed by atoms with Crippen LogP contribution in [0.5, 0.6) is 11.5 Å². The number of phenols is 1. The number of nitriles is 1. The van der Waals surface area contributed by atoms with Crippen molar-refractivity contribution in [3.63, 3.8) is 0 Å². The molecule has 1 aliphatic rings. The van der Waals surface area contributed by atoms with E-state index < -0.39 is 11.8 Å². The molecular formula is C18H13N3O4. The molecule has 2 aromatic carbocycles. The molecule has 3 rings (SSSR count). The first-order valence-electron chi connectivity index (χ1n) is 7.28. The number of methoxy groups -OCH3 is 1. The molecule has 25 heavy (non-hydrogen) atoms. The van der Waals surface area contributed by atoms with Crippen LogP contribution in [0.2, 0.25) is 0 Å². The van der Waals surface area contributed by atoms with Crippen molar-refractivity contribution in [1.82, 2.24) is 5.43 Å². The predicted octanol–water partition coefficient (Wildman–Crippen LogP) is 1.73. The molecule has 0 unspecified atom stereocenters. The van der Waals surface area contributed by atoms with Crippen LogP contribution in [0.1, 0.15) is 11.1 Å². The number of rotatable bonds is 3. The Morgan fingerprint density at radius 1 is 1.20 bits per heavy atom. The van der Waals surface area contributed by atoms with E-state index in [-0.39, 0.29) is 17.1 Å². The van der Waals surface area contributed by atoms with E-state index in [4.69, 9.17) is 10.00 Å². The Morgan fingerprint density at radius 2 is 1.92 bits per heavy atom. The molecule has 0 saturated carbocycles. The minimum Gasteiger partial charge on any atom is -0.504 e. The van der Waals surface area contributed by atoms with Gasteiger partial charge >= 0.3 is 0 Å². The smallest absolute Gasteiger partial charge is 0.282 e. The maximum Gasteiger partial charge on any atom is 0.282 e. The average molecular weight is 335 g/mol. The Hall–Kier alpha value is -3.79. The van der Waals surface area contributed by atoms with Crippen LogP contribution in [0.4, 0.5) is 5.69 Å². The van der Waals surface area contributed by atoms with Crippen molar-refractivity contribution in [2.45, 2.75) is 0 Å². The third-order valence-corrected chi connectivity index (χ3v) is 3.66. The molecule has 7 heteroatoms. The number of nitrogens with zero attached hydrogens (tertiary/aromatic N) is 2. The fourth-order valence-electron chi connectivity index (χ4n) is 2.37. The monoisotopic (exact) mass is 335 g/mol. The molecule has 1 fully saturated rings. The van der Waals surface area contributed by atoms with Crippen LogP contribution in [0.3, 0.4) is 0 Å². The first-order valence-corrected chi connectivity index (χ1v) is 7.28. The van der Waals surface area contributed by atoms with Gasteiger partial charge in [-0.15, -0.1) is 0 Å². The molecule has 0 bridgehead atoms. The number of carbonyl (C=O) groups is 2. The summed E-state index contributed by atoms with van der Waals surface area (Å²) in [6.07, 6.45) is 1.42. The van der Waals surface area contributed by atoms with Gasteiger partial charge in [-0.05, 0) is 48.0 Å². The highest BCUT2D eigenvalue weighted by atomic mass is 16.5. The van der Waals surface area contributed by atoms with Gasteiger partial charge in [0.05, 0.1) is 24.4 Å². The van der Waals surface area contributed by atoms with E-state index in [1.165, 1.54) is 25.3 Å². The molecule has 0 atom stereocenters. The molecule has 2 N–H and O–H groups in total. The van der Waals surface area contributed by atoms with Crippen LogP contribution < -0.4 is 15.2 Å². The number of nitrogens with one attached hydrogen (secondary N) is 1. The van der Waals surface area contributed by atoms with Crippen LogP contribution in [-0.2, 0) is 9.59 Å². The molecule has 1 heterocycles. The van der Waals surface area contributed by atoms with Crippen LogP contribution in [0.15, 0.2) is 48.0 Å². The normalized spacial score (nSPS) is 15.2. The fourth-order valence-corrected chi connectivity index (χ4v) is 2.37. The highest BCUT2D eigenvalue weighted by Crippen LogP contribution is 2.28. The SMILES string of the molecule is COc1cc(/C=C2\C(=O)NN(c3ccc(C#N)cc3)C2=O)ccc1O. The number of amides is 2. The van der Waals surface area contributed by atoms with Gasteiger partial charge in [-0.1, -0.05) is 6.07 Å². The second kappa shape index (κ2) is 6.37. The van der Waals surface area contributed by atoms with E-state index in [0.29, 0.717) is 16.8 Å². The van der Waals surface area contributed by atoms with Crippen molar-refractivity contribution >= 4 is 23.6 Å². The van der Waals surface area contributed by atoms with E-state index in [1.807, 2.05) is 6.07 Å². The molecule has 0 radical (unpaired) electrons. The Bertz CT molecular complexity index is 926.